The summed E-state index contributed by atoms with van der Waals surface area (Å²) in [4.78, 5) is 6.44. The highest BCUT2D eigenvalue weighted by Gasteiger charge is 2.28. The standard InChI is InChI=1S/C17H21N3O/c1-17(2)12-20(10-13-7-8-19-16(18)9-13)11-14-5-3-4-6-15(14)21-17/h3-9H,10-12H2,1-2H3,(H2,18,19). The number of hydrogen-bond donors (Lipinski definition) is 1. The summed E-state index contributed by atoms with van der Waals surface area (Å²) in [5.41, 5.74) is 7.96. The number of ether oxygens (including phenoxy) is 1. The summed E-state index contributed by atoms with van der Waals surface area (Å²) in [6.07, 6.45) is 1.76. The van der Waals surface area contributed by atoms with Gasteiger partial charge in [0.15, 0.2) is 0 Å². The molecule has 0 bridgehead atoms. The molecule has 1 aromatic heterocycles. The number of aromatic nitrogens is 1. The van der Waals surface area contributed by atoms with E-state index in [9.17, 15) is 0 Å². The number of benzene rings is 1. The van der Waals surface area contributed by atoms with Gasteiger partial charge < -0.3 is 10.5 Å². The number of nitrogen functional groups attached to an aromatic ring is 1. The van der Waals surface area contributed by atoms with Crippen molar-refractivity contribution in [2.75, 3.05) is 12.3 Å². The van der Waals surface area contributed by atoms with Crippen LogP contribution in [-0.4, -0.2) is 22.0 Å². The smallest absolute Gasteiger partial charge is 0.124 e. The number of rotatable bonds is 2. The Hall–Kier alpha value is -2.07. The lowest BCUT2D eigenvalue weighted by molar-refractivity contribution is 0.0683. The van der Waals surface area contributed by atoms with Crippen LogP contribution in [0.5, 0.6) is 5.75 Å². The Morgan fingerprint density at radius 2 is 2.10 bits per heavy atom. The van der Waals surface area contributed by atoms with Crippen LogP contribution in [0.2, 0.25) is 0 Å². The van der Waals surface area contributed by atoms with Gasteiger partial charge in [-0.15, -0.1) is 0 Å². The van der Waals surface area contributed by atoms with Gasteiger partial charge in [0.25, 0.3) is 0 Å². The molecule has 1 aliphatic heterocycles. The molecule has 0 atom stereocenters. The molecular weight excluding hydrogens is 262 g/mol. The van der Waals surface area contributed by atoms with Crippen LogP contribution >= 0.6 is 0 Å². The monoisotopic (exact) mass is 283 g/mol. The molecule has 0 saturated heterocycles. The molecule has 1 aromatic carbocycles. The summed E-state index contributed by atoms with van der Waals surface area (Å²) in [6, 6.07) is 12.2. The Labute approximate surface area is 125 Å². The Morgan fingerprint density at radius 1 is 1.29 bits per heavy atom. The third kappa shape index (κ3) is 3.34. The van der Waals surface area contributed by atoms with E-state index in [1.807, 2.05) is 24.3 Å². The summed E-state index contributed by atoms with van der Waals surface area (Å²) in [5, 5.41) is 0. The van der Waals surface area contributed by atoms with Gasteiger partial charge in [0.1, 0.15) is 17.2 Å². The first-order valence-electron chi connectivity index (χ1n) is 7.21. The van der Waals surface area contributed by atoms with Gasteiger partial charge in [-0.05, 0) is 37.6 Å². The predicted octanol–water partition coefficient (Wildman–Crippen LogP) is 2.84. The van der Waals surface area contributed by atoms with Gasteiger partial charge in [-0.1, -0.05) is 18.2 Å². The van der Waals surface area contributed by atoms with Crippen LogP contribution in [0.15, 0.2) is 42.6 Å². The van der Waals surface area contributed by atoms with E-state index >= 15 is 0 Å². The predicted molar refractivity (Wildman–Crippen MR) is 83.9 cm³/mol. The molecule has 3 rings (SSSR count). The maximum absolute atomic E-state index is 6.16. The van der Waals surface area contributed by atoms with Gasteiger partial charge in [-0.25, -0.2) is 4.98 Å². The largest absolute Gasteiger partial charge is 0.486 e. The van der Waals surface area contributed by atoms with Crippen LogP contribution in [0.25, 0.3) is 0 Å². The van der Waals surface area contributed by atoms with Crippen LogP contribution < -0.4 is 10.5 Å². The van der Waals surface area contributed by atoms with Crippen molar-refractivity contribution in [1.29, 1.82) is 0 Å². The quantitative estimate of drug-likeness (QED) is 0.921. The highest BCUT2D eigenvalue weighted by molar-refractivity contribution is 5.35. The van der Waals surface area contributed by atoms with E-state index in [4.69, 9.17) is 10.5 Å². The molecule has 0 amide bonds. The number of hydrogen-bond acceptors (Lipinski definition) is 4. The molecule has 4 heteroatoms. The van der Waals surface area contributed by atoms with Crippen molar-refractivity contribution in [2.24, 2.45) is 0 Å². The van der Waals surface area contributed by atoms with Crippen molar-refractivity contribution < 1.29 is 4.74 Å². The molecule has 0 aliphatic carbocycles. The fourth-order valence-corrected chi connectivity index (χ4v) is 2.86. The molecule has 2 heterocycles. The number of nitrogens with two attached hydrogens (primary N) is 1. The summed E-state index contributed by atoms with van der Waals surface area (Å²) in [6.45, 7) is 6.84. The number of pyridine rings is 1. The molecule has 2 N–H and O–H groups in total. The zero-order chi connectivity index (χ0) is 14.9. The summed E-state index contributed by atoms with van der Waals surface area (Å²) < 4.78 is 6.16. The van der Waals surface area contributed by atoms with Gasteiger partial charge in [0.05, 0.1) is 0 Å². The Morgan fingerprint density at radius 3 is 2.90 bits per heavy atom. The van der Waals surface area contributed by atoms with E-state index < -0.39 is 0 Å². The number of anilines is 1. The van der Waals surface area contributed by atoms with Crippen LogP contribution in [0.1, 0.15) is 25.0 Å². The van der Waals surface area contributed by atoms with Crippen molar-refractivity contribution in [3.8, 4) is 5.75 Å². The van der Waals surface area contributed by atoms with E-state index in [0.29, 0.717) is 5.82 Å². The molecule has 0 unspecified atom stereocenters. The lowest BCUT2D eigenvalue weighted by Gasteiger charge is -2.29. The number of fused-ring (bicyclic) bond motifs is 1. The maximum atomic E-state index is 6.16. The third-order valence-corrected chi connectivity index (χ3v) is 3.61. The van der Waals surface area contributed by atoms with Gasteiger partial charge in [-0.2, -0.15) is 0 Å². The average Bonchev–Trinajstić information content (AvgIpc) is 2.52. The summed E-state index contributed by atoms with van der Waals surface area (Å²) in [7, 11) is 0. The molecular formula is C17H21N3O. The van der Waals surface area contributed by atoms with E-state index in [1.165, 1.54) is 11.1 Å². The van der Waals surface area contributed by atoms with Crippen molar-refractivity contribution in [1.82, 2.24) is 9.88 Å². The minimum absolute atomic E-state index is 0.217. The fourth-order valence-electron chi connectivity index (χ4n) is 2.86. The second-order valence-corrected chi connectivity index (χ2v) is 6.20. The Balaban J connectivity index is 1.86. The van der Waals surface area contributed by atoms with E-state index in [1.54, 1.807) is 6.20 Å². The van der Waals surface area contributed by atoms with Crippen molar-refractivity contribution in [3.05, 3.63) is 53.7 Å². The summed E-state index contributed by atoms with van der Waals surface area (Å²) in [5.74, 6) is 1.55. The number of nitrogens with zero attached hydrogens (tertiary/aromatic N) is 2. The molecule has 0 fully saturated rings. The van der Waals surface area contributed by atoms with Crippen LogP contribution in [-0.2, 0) is 13.1 Å². The third-order valence-electron chi connectivity index (χ3n) is 3.61. The SMILES string of the molecule is CC1(C)CN(Cc2ccnc(N)c2)Cc2ccccc2O1. The van der Waals surface area contributed by atoms with Crippen LogP contribution in [0.4, 0.5) is 5.82 Å². The Bertz CT molecular complexity index is 639. The zero-order valence-electron chi connectivity index (χ0n) is 12.5. The van der Waals surface area contributed by atoms with Gasteiger partial charge in [-0.3, -0.25) is 4.90 Å². The normalized spacial score (nSPS) is 17.6. The molecule has 110 valence electrons. The summed E-state index contributed by atoms with van der Waals surface area (Å²) >= 11 is 0. The second-order valence-electron chi connectivity index (χ2n) is 6.20. The second kappa shape index (κ2) is 5.37. The van der Waals surface area contributed by atoms with Gasteiger partial charge in [0, 0.05) is 31.4 Å². The Kier molecular flexibility index (Phi) is 3.55. The van der Waals surface area contributed by atoms with Crippen molar-refractivity contribution in [3.63, 3.8) is 0 Å². The lowest BCUT2D eigenvalue weighted by atomic mass is 10.1. The average molecular weight is 283 g/mol. The van der Waals surface area contributed by atoms with Crippen molar-refractivity contribution in [2.45, 2.75) is 32.5 Å². The molecule has 0 radical (unpaired) electrons. The lowest BCUT2D eigenvalue weighted by Crippen LogP contribution is -2.40. The molecule has 4 nitrogen and oxygen atoms in total. The molecule has 1 aliphatic rings. The molecule has 0 spiro atoms. The first-order valence-corrected chi connectivity index (χ1v) is 7.21. The first-order chi connectivity index (χ1) is 10.0. The molecule has 0 saturated carbocycles. The van der Waals surface area contributed by atoms with E-state index in [2.05, 4.69) is 35.9 Å². The van der Waals surface area contributed by atoms with E-state index in [-0.39, 0.29) is 5.60 Å². The first kappa shape index (κ1) is 13.9. The van der Waals surface area contributed by atoms with E-state index in [0.717, 1.165) is 25.4 Å². The highest BCUT2D eigenvalue weighted by atomic mass is 16.5. The minimum Gasteiger partial charge on any atom is -0.486 e. The molecule has 21 heavy (non-hydrogen) atoms. The van der Waals surface area contributed by atoms with Crippen LogP contribution in [0.3, 0.4) is 0 Å². The highest BCUT2D eigenvalue weighted by Crippen LogP contribution is 2.29. The zero-order valence-corrected chi connectivity index (χ0v) is 12.5. The van der Waals surface area contributed by atoms with Crippen LogP contribution in [0, 0.1) is 0 Å². The number of para-hydroxylation sites is 1. The maximum Gasteiger partial charge on any atom is 0.124 e. The topological polar surface area (TPSA) is 51.4 Å². The van der Waals surface area contributed by atoms with Gasteiger partial charge >= 0.3 is 0 Å². The van der Waals surface area contributed by atoms with Crippen molar-refractivity contribution >= 4 is 5.82 Å². The van der Waals surface area contributed by atoms with Gasteiger partial charge in [0.2, 0.25) is 0 Å². The minimum atomic E-state index is -0.217. The molecule has 2 aromatic rings. The fraction of sp³-hybridized carbons (Fsp3) is 0.353.